The monoisotopic (exact) mass is 307 g/mol. The standard InChI is InChI=1S/C14H17N3O3S/c1-3-6-14(2,13(19)20)15-12(18)10-8-9(16-17-10)11-5-4-7-21-11/h4-5,7-8H,3,6H2,1-2H3,(H,15,18)(H,16,17)(H,19,20). The van der Waals surface area contributed by atoms with Crippen molar-refractivity contribution in [2.45, 2.75) is 32.2 Å². The molecule has 0 aromatic carbocycles. The van der Waals surface area contributed by atoms with E-state index in [4.69, 9.17) is 0 Å². The van der Waals surface area contributed by atoms with E-state index in [9.17, 15) is 14.7 Å². The Kier molecular flexibility index (Phi) is 4.42. The van der Waals surface area contributed by atoms with Crippen LogP contribution >= 0.6 is 11.3 Å². The largest absolute Gasteiger partial charge is 0.480 e. The van der Waals surface area contributed by atoms with Gasteiger partial charge in [-0.3, -0.25) is 9.89 Å². The zero-order valence-corrected chi connectivity index (χ0v) is 12.7. The molecule has 1 atom stereocenters. The van der Waals surface area contributed by atoms with Crippen molar-refractivity contribution >= 4 is 23.2 Å². The van der Waals surface area contributed by atoms with Crippen molar-refractivity contribution in [1.82, 2.24) is 15.5 Å². The zero-order valence-electron chi connectivity index (χ0n) is 11.8. The molecule has 2 rings (SSSR count). The fourth-order valence-electron chi connectivity index (χ4n) is 2.03. The number of aliphatic carboxylic acids is 1. The van der Waals surface area contributed by atoms with Crippen LogP contribution in [0, 0.1) is 0 Å². The minimum Gasteiger partial charge on any atom is -0.480 e. The maximum Gasteiger partial charge on any atom is 0.329 e. The smallest absolute Gasteiger partial charge is 0.329 e. The molecule has 2 aromatic heterocycles. The number of carboxylic acid groups (broad SMARTS) is 1. The van der Waals surface area contributed by atoms with Gasteiger partial charge in [0.25, 0.3) is 5.91 Å². The number of H-pyrrole nitrogens is 1. The summed E-state index contributed by atoms with van der Waals surface area (Å²) < 4.78 is 0. The number of nitrogens with zero attached hydrogens (tertiary/aromatic N) is 1. The van der Waals surface area contributed by atoms with Crippen LogP contribution in [-0.4, -0.2) is 32.7 Å². The van der Waals surface area contributed by atoms with E-state index in [1.807, 2.05) is 24.4 Å². The highest BCUT2D eigenvalue weighted by Gasteiger charge is 2.34. The maximum absolute atomic E-state index is 12.2. The molecule has 1 unspecified atom stereocenters. The molecule has 2 heterocycles. The van der Waals surface area contributed by atoms with Crippen molar-refractivity contribution < 1.29 is 14.7 Å². The molecular weight excluding hydrogens is 290 g/mol. The van der Waals surface area contributed by atoms with Crippen molar-refractivity contribution in [3.63, 3.8) is 0 Å². The van der Waals surface area contributed by atoms with Gasteiger partial charge in [-0.25, -0.2) is 4.79 Å². The highest BCUT2D eigenvalue weighted by Crippen LogP contribution is 2.23. The number of carboxylic acids is 1. The number of aromatic amines is 1. The second kappa shape index (κ2) is 6.09. The average Bonchev–Trinajstić information content (AvgIpc) is 3.09. The van der Waals surface area contributed by atoms with Gasteiger partial charge < -0.3 is 10.4 Å². The molecule has 0 fully saturated rings. The Morgan fingerprint density at radius 2 is 2.29 bits per heavy atom. The van der Waals surface area contributed by atoms with Crippen molar-refractivity contribution in [3.8, 4) is 10.6 Å². The number of nitrogens with one attached hydrogen (secondary N) is 2. The summed E-state index contributed by atoms with van der Waals surface area (Å²) in [6.07, 6.45) is 1.01. The summed E-state index contributed by atoms with van der Waals surface area (Å²) in [7, 11) is 0. The first-order valence-corrected chi connectivity index (χ1v) is 7.49. The first-order valence-electron chi connectivity index (χ1n) is 6.61. The lowest BCUT2D eigenvalue weighted by molar-refractivity contribution is -0.144. The third-order valence-corrected chi connectivity index (χ3v) is 4.11. The third kappa shape index (κ3) is 3.30. The summed E-state index contributed by atoms with van der Waals surface area (Å²) >= 11 is 1.53. The summed E-state index contributed by atoms with van der Waals surface area (Å²) in [5.74, 6) is -1.54. The highest BCUT2D eigenvalue weighted by atomic mass is 32.1. The molecule has 21 heavy (non-hydrogen) atoms. The maximum atomic E-state index is 12.2. The Morgan fingerprint density at radius 1 is 1.52 bits per heavy atom. The predicted molar refractivity (Wildman–Crippen MR) is 80.3 cm³/mol. The number of hydrogen-bond donors (Lipinski definition) is 3. The second-order valence-electron chi connectivity index (χ2n) is 4.99. The van der Waals surface area contributed by atoms with Gasteiger partial charge >= 0.3 is 5.97 Å². The van der Waals surface area contributed by atoms with Crippen LogP contribution in [-0.2, 0) is 4.79 Å². The second-order valence-corrected chi connectivity index (χ2v) is 5.93. The van der Waals surface area contributed by atoms with Gasteiger partial charge in [-0.15, -0.1) is 11.3 Å². The first kappa shape index (κ1) is 15.2. The summed E-state index contributed by atoms with van der Waals surface area (Å²) in [4.78, 5) is 24.5. The molecule has 0 aliphatic carbocycles. The molecule has 0 saturated carbocycles. The van der Waals surface area contributed by atoms with Gasteiger partial charge in [-0.1, -0.05) is 19.4 Å². The Bertz CT molecular complexity index is 636. The summed E-state index contributed by atoms with van der Waals surface area (Å²) in [5.41, 5.74) is -0.363. The fourth-order valence-corrected chi connectivity index (χ4v) is 2.73. The van der Waals surface area contributed by atoms with Gasteiger partial charge in [0, 0.05) is 0 Å². The molecule has 0 bridgehead atoms. The molecular formula is C14H17N3O3S. The van der Waals surface area contributed by atoms with Gasteiger partial charge in [0.15, 0.2) is 5.69 Å². The number of rotatable bonds is 6. The molecule has 3 N–H and O–H groups in total. The number of amides is 1. The number of carbonyl (C=O) groups excluding carboxylic acids is 1. The van der Waals surface area contributed by atoms with E-state index >= 15 is 0 Å². The van der Waals surface area contributed by atoms with E-state index in [2.05, 4.69) is 15.5 Å². The van der Waals surface area contributed by atoms with Crippen LogP contribution in [0.15, 0.2) is 23.6 Å². The predicted octanol–water partition coefficient (Wildman–Crippen LogP) is 2.51. The lowest BCUT2D eigenvalue weighted by Crippen LogP contribution is -2.52. The topological polar surface area (TPSA) is 95.1 Å². The van der Waals surface area contributed by atoms with Crippen LogP contribution in [0.25, 0.3) is 10.6 Å². The zero-order chi connectivity index (χ0) is 15.5. The van der Waals surface area contributed by atoms with E-state index in [1.54, 1.807) is 6.07 Å². The average molecular weight is 307 g/mol. The molecule has 0 aliphatic rings. The number of thiophene rings is 1. The Hall–Kier alpha value is -2.15. The minimum absolute atomic E-state index is 0.182. The molecule has 6 nitrogen and oxygen atoms in total. The number of carbonyl (C=O) groups is 2. The van der Waals surface area contributed by atoms with Crippen LogP contribution < -0.4 is 5.32 Å². The van der Waals surface area contributed by atoms with E-state index in [0.29, 0.717) is 12.8 Å². The summed E-state index contributed by atoms with van der Waals surface area (Å²) in [6.45, 7) is 3.38. The van der Waals surface area contributed by atoms with Crippen LogP contribution in [0.3, 0.4) is 0 Å². The van der Waals surface area contributed by atoms with Crippen LogP contribution in [0.1, 0.15) is 37.2 Å². The van der Waals surface area contributed by atoms with Crippen molar-refractivity contribution in [2.24, 2.45) is 0 Å². The molecule has 0 radical (unpaired) electrons. The molecule has 0 aliphatic heterocycles. The Labute approximate surface area is 126 Å². The lowest BCUT2D eigenvalue weighted by atomic mass is 9.96. The highest BCUT2D eigenvalue weighted by molar-refractivity contribution is 7.13. The first-order chi connectivity index (χ1) is 9.96. The van der Waals surface area contributed by atoms with Gasteiger partial charge in [-0.05, 0) is 30.9 Å². The number of hydrogen-bond acceptors (Lipinski definition) is 4. The SMILES string of the molecule is CCCC(C)(NC(=O)c1cc(-c2cccs2)[nH]n1)C(=O)O. The van der Waals surface area contributed by atoms with Gasteiger partial charge in [0.05, 0.1) is 10.6 Å². The van der Waals surface area contributed by atoms with E-state index in [-0.39, 0.29) is 5.69 Å². The Balaban J connectivity index is 2.15. The lowest BCUT2D eigenvalue weighted by Gasteiger charge is -2.25. The minimum atomic E-state index is -1.28. The molecule has 7 heteroatoms. The molecule has 0 saturated heterocycles. The third-order valence-electron chi connectivity index (χ3n) is 3.21. The van der Waals surface area contributed by atoms with Crippen LogP contribution in [0.2, 0.25) is 0 Å². The van der Waals surface area contributed by atoms with Crippen molar-refractivity contribution in [2.75, 3.05) is 0 Å². The molecule has 1 amide bonds. The fraction of sp³-hybridized carbons (Fsp3) is 0.357. The van der Waals surface area contributed by atoms with Gasteiger partial charge in [0.2, 0.25) is 0 Å². The van der Waals surface area contributed by atoms with Crippen molar-refractivity contribution in [1.29, 1.82) is 0 Å². The van der Waals surface area contributed by atoms with Crippen LogP contribution in [0.5, 0.6) is 0 Å². The quantitative estimate of drug-likeness (QED) is 0.764. The van der Waals surface area contributed by atoms with E-state index in [0.717, 1.165) is 10.6 Å². The van der Waals surface area contributed by atoms with Crippen molar-refractivity contribution in [3.05, 3.63) is 29.3 Å². The number of aromatic nitrogens is 2. The van der Waals surface area contributed by atoms with E-state index in [1.165, 1.54) is 18.3 Å². The molecule has 2 aromatic rings. The van der Waals surface area contributed by atoms with E-state index < -0.39 is 17.4 Å². The molecule has 112 valence electrons. The molecule has 0 spiro atoms. The Morgan fingerprint density at radius 3 is 2.86 bits per heavy atom. The van der Waals surface area contributed by atoms with Gasteiger partial charge in [-0.2, -0.15) is 5.10 Å². The summed E-state index contributed by atoms with van der Waals surface area (Å²) in [6, 6.07) is 5.44. The normalized spacial score (nSPS) is 13.6. The van der Waals surface area contributed by atoms with Crippen LogP contribution in [0.4, 0.5) is 0 Å². The van der Waals surface area contributed by atoms with Gasteiger partial charge in [0.1, 0.15) is 5.54 Å². The summed E-state index contributed by atoms with van der Waals surface area (Å²) in [5, 5.41) is 20.5.